The molecular formula is C9H19N3O. The van der Waals surface area contributed by atoms with E-state index in [2.05, 4.69) is 29.7 Å². The average molecular weight is 185 g/mol. The first-order valence-electron chi connectivity index (χ1n) is 4.72. The van der Waals surface area contributed by atoms with Crippen molar-refractivity contribution in [3.8, 4) is 0 Å². The zero-order valence-electron chi connectivity index (χ0n) is 8.85. The van der Waals surface area contributed by atoms with E-state index >= 15 is 0 Å². The predicted octanol–water partition coefficient (Wildman–Crippen LogP) is 1.08. The smallest absolute Gasteiger partial charge is 0.120 e. The summed E-state index contributed by atoms with van der Waals surface area (Å²) in [6, 6.07) is -0.247. The highest BCUT2D eigenvalue weighted by molar-refractivity contribution is 4.97. The molecule has 1 atom stereocenters. The maximum absolute atomic E-state index is 10.4. The lowest BCUT2D eigenvalue weighted by molar-refractivity contribution is 0.129. The van der Waals surface area contributed by atoms with Crippen LogP contribution in [0.25, 0.3) is 0 Å². The van der Waals surface area contributed by atoms with Crippen LogP contribution in [0.1, 0.15) is 27.7 Å². The monoisotopic (exact) mass is 185 g/mol. The van der Waals surface area contributed by atoms with Crippen LogP contribution >= 0.6 is 0 Å². The fraction of sp³-hybridized carbons (Fsp3) is 1.00. The van der Waals surface area contributed by atoms with Crippen LogP contribution in [0.5, 0.6) is 0 Å². The lowest BCUT2D eigenvalue weighted by atomic mass is 9.87. The Hall–Kier alpha value is -0.480. The van der Waals surface area contributed by atoms with Crippen LogP contribution in [0.3, 0.4) is 0 Å². The Morgan fingerprint density at radius 3 is 2.08 bits per heavy atom. The molecule has 1 aliphatic rings. The minimum absolute atomic E-state index is 0.247. The minimum atomic E-state index is -0.336. The summed E-state index contributed by atoms with van der Waals surface area (Å²) < 4.78 is 0. The van der Waals surface area contributed by atoms with Crippen molar-refractivity contribution in [1.29, 1.82) is 0 Å². The number of hydrogen-bond donors (Lipinski definition) is 2. The molecule has 2 N–H and O–H groups in total. The van der Waals surface area contributed by atoms with E-state index in [1.54, 1.807) is 0 Å². The molecule has 0 aromatic heterocycles. The van der Waals surface area contributed by atoms with Crippen molar-refractivity contribution in [3.05, 3.63) is 4.91 Å². The summed E-state index contributed by atoms with van der Waals surface area (Å²) in [4.78, 5) is 10.4. The summed E-state index contributed by atoms with van der Waals surface area (Å²) in [6.07, 6.45) is 0. The molecule has 1 unspecified atom stereocenters. The van der Waals surface area contributed by atoms with Crippen LogP contribution in [-0.2, 0) is 0 Å². The van der Waals surface area contributed by atoms with Crippen molar-refractivity contribution in [2.75, 3.05) is 13.1 Å². The third kappa shape index (κ3) is 2.25. The van der Waals surface area contributed by atoms with Gasteiger partial charge in [0.1, 0.15) is 6.04 Å². The second-order valence-electron chi connectivity index (χ2n) is 4.86. The number of hydrogen-bond acceptors (Lipinski definition) is 4. The van der Waals surface area contributed by atoms with E-state index in [1.165, 1.54) is 0 Å². The number of nitrogens with one attached hydrogen (secondary N) is 2. The van der Waals surface area contributed by atoms with Gasteiger partial charge in [0, 0.05) is 13.1 Å². The van der Waals surface area contributed by atoms with E-state index in [-0.39, 0.29) is 17.1 Å². The molecule has 1 saturated heterocycles. The van der Waals surface area contributed by atoms with Gasteiger partial charge in [0.05, 0.1) is 5.66 Å². The van der Waals surface area contributed by atoms with Gasteiger partial charge < -0.3 is 0 Å². The van der Waals surface area contributed by atoms with E-state index in [4.69, 9.17) is 0 Å². The van der Waals surface area contributed by atoms with Crippen LogP contribution < -0.4 is 10.6 Å². The molecule has 1 fully saturated rings. The second kappa shape index (κ2) is 3.35. The first-order valence-corrected chi connectivity index (χ1v) is 4.72. The topological polar surface area (TPSA) is 53.5 Å². The van der Waals surface area contributed by atoms with E-state index in [0.717, 1.165) is 13.1 Å². The van der Waals surface area contributed by atoms with E-state index in [0.29, 0.717) is 0 Å². The lowest BCUT2D eigenvalue weighted by Gasteiger charge is -2.44. The van der Waals surface area contributed by atoms with Crippen LogP contribution in [0, 0.1) is 10.3 Å². The summed E-state index contributed by atoms with van der Waals surface area (Å²) in [6.45, 7) is 10.0. The molecular weight excluding hydrogens is 166 g/mol. The van der Waals surface area contributed by atoms with Gasteiger partial charge in [0.25, 0.3) is 0 Å². The summed E-state index contributed by atoms with van der Waals surface area (Å²) in [5.74, 6) is 0. The van der Waals surface area contributed by atoms with Crippen molar-refractivity contribution in [2.24, 2.45) is 10.6 Å². The maximum atomic E-state index is 10.4. The summed E-state index contributed by atoms with van der Waals surface area (Å²) in [5.41, 5.74) is -0.0839. The second-order valence-corrected chi connectivity index (χ2v) is 4.86. The molecule has 0 saturated carbocycles. The van der Waals surface area contributed by atoms with Crippen molar-refractivity contribution in [1.82, 2.24) is 10.6 Å². The molecule has 0 aromatic rings. The van der Waals surface area contributed by atoms with Gasteiger partial charge in [0.15, 0.2) is 0 Å². The van der Waals surface area contributed by atoms with Gasteiger partial charge >= 0.3 is 0 Å². The molecule has 4 heteroatoms. The van der Waals surface area contributed by atoms with Crippen LogP contribution in [-0.4, -0.2) is 24.8 Å². The first kappa shape index (κ1) is 10.6. The van der Waals surface area contributed by atoms with Crippen molar-refractivity contribution in [2.45, 2.75) is 39.4 Å². The SMILES string of the molecule is CC(N=O)C1(C)NCC(C)(C)CN1. The van der Waals surface area contributed by atoms with Crippen molar-refractivity contribution in [3.63, 3.8) is 0 Å². The van der Waals surface area contributed by atoms with Crippen molar-refractivity contribution >= 4 is 0 Å². The Labute approximate surface area is 79.4 Å². The van der Waals surface area contributed by atoms with E-state index in [1.807, 2.05) is 13.8 Å². The summed E-state index contributed by atoms with van der Waals surface area (Å²) in [5, 5.41) is 9.72. The first-order chi connectivity index (χ1) is 5.90. The highest BCUT2D eigenvalue weighted by Gasteiger charge is 2.38. The molecule has 0 aliphatic carbocycles. The maximum Gasteiger partial charge on any atom is 0.120 e. The van der Waals surface area contributed by atoms with Crippen molar-refractivity contribution < 1.29 is 0 Å². The average Bonchev–Trinajstić information content (AvgIpc) is 2.09. The summed E-state index contributed by atoms with van der Waals surface area (Å²) in [7, 11) is 0. The molecule has 1 aliphatic heterocycles. The molecule has 0 bridgehead atoms. The van der Waals surface area contributed by atoms with Gasteiger partial charge in [-0.1, -0.05) is 19.0 Å². The Kier molecular flexibility index (Phi) is 2.73. The third-order valence-corrected chi connectivity index (χ3v) is 2.86. The fourth-order valence-electron chi connectivity index (χ4n) is 1.37. The van der Waals surface area contributed by atoms with Gasteiger partial charge in [-0.15, -0.1) is 0 Å². The van der Waals surface area contributed by atoms with Gasteiger partial charge in [-0.3, -0.25) is 10.6 Å². The highest BCUT2D eigenvalue weighted by Crippen LogP contribution is 2.22. The zero-order chi connectivity index (χ0) is 10.1. The van der Waals surface area contributed by atoms with Crippen LogP contribution in [0.15, 0.2) is 5.18 Å². The largest absolute Gasteiger partial charge is 0.297 e. The van der Waals surface area contributed by atoms with Crippen LogP contribution in [0.2, 0.25) is 0 Å². The highest BCUT2D eigenvalue weighted by atomic mass is 16.3. The Morgan fingerprint density at radius 2 is 1.69 bits per heavy atom. The molecule has 4 nitrogen and oxygen atoms in total. The van der Waals surface area contributed by atoms with E-state index < -0.39 is 0 Å². The Balaban J connectivity index is 2.61. The molecule has 0 spiro atoms. The normalized spacial score (nSPS) is 28.0. The molecule has 13 heavy (non-hydrogen) atoms. The molecule has 0 aromatic carbocycles. The fourth-order valence-corrected chi connectivity index (χ4v) is 1.37. The third-order valence-electron chi connectivity index (χ3n) is 2.86. The standard InChI is InChI=1S/C9H19N3O/c1-7(12-13)9(4)10-5-8(2,3)6-11-9/h7,10-11H,5-6H2,1-4H3. The zero-order valence-corrected chi connectivity index (χ0v) is 8.85. The quantitative estimate of drug-likeness (QED) is 0.633. The summed E-state index contributed by atoms with van der Waals surface area (Å²) >= 11 is 0. The molecule has 1 rings (SSSR count). The number of nitrogens with zero attached hydrogens (tertiary/aromatic N) is 1. The van der Waals surface area contributed by atoms with Crippen LogP contribution in [0.4, 0.5) is 0 Å². The molecule has 1 heterocycles. The Bertz CT molecular complexity index is 193. The van der Waals surface area contributed by atoms with Gasteiger partial charge in [0.2, 0.25) is 0 Å². The predicted molar refractivity (Wildman–Crippen MR) is 53.4 cm³/mol. The Morgan fingerprint density at radius 1 is 1.23 bits per heavy atom. The molecule has 76 valence electrons. The van der Waals surface area contributed by atoms with E-state index in [9.17, 15) is 4.91 Å². The molecule has 0 radical (unpaired) electrons. The molecule has 0 amide bonds. The number of rotatable bonds is 2. The lowest BCUT2D eigenvalue weighted by Crippen LogP contribution is -2.68. The minimum Gasteiger partial charge on any atom is -0.297 e. The van der Waals surface area contributed by atoms with Gasteiger partial charge in [-0.2, -0.15) is 4.91 Å². The van der Waals surface area contributed by atoms with Gasteiger partial charge in [-0.25, -0.2) is 0 Å². The van der Waals surface area contributed by atoms with Gasteiger partial charge in [-0.05, 0) is 19.3 Å². The number of nitroso groups, excluding NO2 is 1.